The van der Waals surface area contributed by atoms with E-state index in [2.05, 4.69) is 10.6 Å². The van der Waals surface area contributed by atoms with E-state index in [1.807, 2.05) is 13.0 Å². The van der Waals surface area contributed by atoms with Crippen LogP contribution >= 0.6 is 12.2 Å². The molecule has 144 valence electrons. The van der Waals surface area contributed by atoms with Gasteiger partial charge in [0.25, 0.3) is 5.91 Å². The highest BCUT2D eigenvalue weighted by atomic mass is 32.1. The highest BCUT2D eigenvalue weighted by Crippen LogP contribution is 2.23. The van der Waals surface area contributed by atoms with Crippen LogP contribution in [-0.4, -0.2) is 28.7 Å². The minimum atomic E-state index is -0.603. The van der Waals surface area contributed by atoms with Crippen LogP contribution < -0.4 is 10.6 Å². The Balaban J connectivity index is 1.96. The summed E-state index contributed by atoms with van der Waals surface area (Å²) in [6.07, 6.45) is 1.65. The lowest BCUT2D eigenvalue weighted by molar-refractivity contribution is 0.0496. The number of carbonyl (C=O) groups excluding carboxylic acids is 2. The number of esters is 1. The number of phenolic OH excluding ortho intramolecular Hbond substituents is 1. The van der Waals surface area contributed by atoms with E-state index in [1.165, 1.54) is 42.5 Å². The van der Waals surface area contributed by atoms with Crippen molar-refractivity contribution in [3.05, 3.63) is 59.2 Å². The average Bonchev–Trinajstić information content (AvgIpc) is 2.68. The van der Waals surface area contributed by atoms with Crippen LogP contribution in [0.15, 0.2) is 42.5 Å². The first-order valence-corrected chi connectivity index (χ1v) is 8.98. The fourth-order valence-electron chi connectivity index (χ4n) is 2.20. The second-order valence-electron chi connectivity index (χ2n) is 5.82. The van der Waals surface area contributed by atoms with Gasteiger partial charge in [0.05, 0.1) is 18.2 Å². The molecule has 0 aromatic heterocycles. The van der Waals surface area contributed by atoms with Gasteiger partial charge in [-0.05, 0) is 55.0 Å². The van der Waals surface area contributed by atoms with Crippen LogP contribution in [0.2, 0.25) is 0 Å². The predicted octanol–water partition coefficient (Wildman–Crippen LogP) is 3.35. The van der Waals surface area contributed by atoms with Crippen molar-refractivity contribution in [3.63, 3.8) is 0 Å². The van der Waals surface area contributed by atoms with Crippen molar-refractivity contribution in [1.82, 2.24) is 5.32 Å². The second-order valence-corrected chi connectivity index (χ2v) is 6.23. The fourth-order valence-corrected chi connectivity index (χ4v) is 2.41. The number of phenols is 1. The van der Waals surface area contributed by atoms with Gasteiger partial charge in [-0.15, -0.1) is 0 Å². The summed E-state index contributed by atoms with van der Waals surface area (Å²) in [5.74, 6) is -1.30. The highest BCUT2D eigenvalue weighted by molar-refractivity contribution is 7.80. The molecule has 0 heterocycles. The SMILES string of the molecule is CCCCOC(=O)c1ccc(NC(=S)NC(=O)c2ccc(C#N)cc2)cc1O. The van der Waals surface area contributed by atoms with E-state index in [9.17, 15) is 14.7 Å². The molecule has 28 heavy (non-hydrogen) atoms. The van der Waals surface area contributed by atoms with Gasteiger partial charge >= 0.3 is 5.97 Å². The van der Waals surface area contributed by atoms with Crippen molar-refractivity contribution >= 4 is 34.9 Å². The zero-order chi connectivity index (χ0) is 20.5. The van der Waals surface area contributed by atoms with Gasteiger partial charge in [-0.25, -0.2) is 4.79 Å². The minimum Gasteiger partial charge on any atom is -0.507 e. The van der Waals surface area contributed by atoms with Crippen LogP contribution in [-0.2, 0) is 4.74 Å². The molecule has 0 radical (unpaired) electrons. The van der Waals surface area contributed by atoms with Gasteiger partial charge in [0.2, 0.25) is 0 Å². The number of unbranched alkanes of at least 4 members (excludes halogenated alkanes) is 1. The number of anilines is 1. The van der Waals surface area contributed by atoms with Crippen LogP contribution in [0.3, 0.4) is 0 Å². The van der Waals surface area contributed by atoms with Crippen LogP contribution in [0, 0.1) is 11.3 Å². The number of nitrogens with zero attached hydrogens (tertiary/aromatic N) is 1. The predicted molar refractivity (Wildman–Crippen MR) is 108 cm³/mol. The van der Waals surface area contributed by atoms with Crippen molar-refractivity contribution in [3.8, 4) is 11.8 Å². The van der Waals surface area contributed by atoms with Gasteiger partial charge in [0, 0.05) is 17.3 Å². The van der Waals surface area contributed by atoms with E-state index < -0.39 is 11.9 Å². The zero-order valence-electron chi connectivity index (χ0n) is 15.2. The van der Waals surface area contributed by atoms with Crippen molar-refractivity contribution in [1.29, 1.82) is 5.26 Å². The summed E-state index contributed by atoms with van der Waals surface area (Å²) in [5.41, 5.74) is 1.24. The van der Waals surface area contributed by atoms with Crippen LogP contribution in [0.4, 0.5) is 5.69 Å². The van der Waals surface area contributed by atoms with Crippen LogP contribution in [0.1, 0.15) is 46.0 Å². The topological polar surface area (TPSA) is 111 Å². The first kappa shape index (κ1) is 20.9. The molecule has 2 rings (SSSR count). The Labute approximate surface area is 167 Å². The molecule has 0 aliphatic heterocycles. The summed E-state index contributed by atoms with van der Waals surface area (Å²) < 4.78 is 5.07. The Morgan fingerprint density at radius 1 is 1.21 bits per heavy atom. The van der Waals surface area contributed by atoms with E-state index in [4.69, 9.17) is 22.2 Å². The third-order valence-corrected chi connectivity index (χ3v) is 3.91. The summed E-state index contributed by atoms with van der Waals surface area (Å²) in [4.78, 5) is 24.1. The number of nitrogens with one attached hydrogen (secondary N) is 2. The lowest BCUT2D eigenvalue weighted by atomic mass is 10.1. The number of thiocarbonyl (C=S) groups is 1. The van der Waals surface area contributed by atoms with Crippen molar-refractivity contribution in [2.75, 3.05) is 11.9 Å². The lowest BCUT2D eigenvalue weighted by Crippen LogP contribution is -2.34. The molecule has 2 aromatic rings. The number of carbonyl (C=O) groups is 2. The number of hydrogen-bond acceptors (Lipinski definition) is 6. The molecule has 0 aliphatic carbocycles. The number of benzene rings is 2. The summed E-state index contributed by atoms with van der Waals surface area (Å²) in [5, 5.41) is 24.1. The second kappa shape index (κ2) is 10.0. The van der Waals surface area contributed by atoms with E-state index in [0.717, 1.165) is 12.8 Å². The largest absolute Gasteiger partial charge is 0.507 e. The monoisotopic (exact) mass is 397 g/mol. The molecule has 3 N–H and O–H groups in total. The molecule has 0 bridgehead atoms. The molecule has 7 nitrogen and oxygen atoms in total. The molecule has 0 saturated carbocycles. The molecule has 0 fully saturated rings. The van der Waals surface area contributed by atoms with Crippen molar-refractivity contribution in [2.24, 2.45) is 0 Å². The van der Waals surface area contributed by atoms with E-state index >= 15 is 0 Å². The quantitative estimate of drug-likeness (QED) is 0.389. The number of ether oxygens (including phenoxy) is 1. The smallest absolute Gasteiger partial charge is 0.341 e. The van der Waals surface area contributed by atoms with Gasteiger partial charge in [-0.2, -0.15) is 5.26 Å². The molecule has 8 heteroatoms. The summed E-state index contributed by atoms with van der Waals surface area (Å²) in [6, 6.07) is 12.3. The molecule has 0 spiro atoms. The van der Waals surface area contributed by atoms with Crippen molar-refractivity contribution < 1.29 is 19.4 Å². The standard InChI is InChI=1S/C20H19N3O4S/c1-2-3-10-27-19(26)16-9-8-15(11-17(16)24)22-20(28)23-18(25)14-6-4-13(12-21)5-7-14/h4-9,11,24H,2-3,10H2,1H3,(H2,22,23,25,28). The lowest BCUT2D eigenvalue weighted by Gasteiger charge is -2.11. The third kappa shape index (κ3) is 5.79. The van der Waals surface area contributed by atoms with Crippen molar-refractivity contribution in [2.45, 2.75) is 19.8 Å². The van der Waals surface area contributed by atoms with Gasteiger partial charge in [-0.3, -0.25) is 10.1 Å². The molecule has 0 unspecified atom stereocenters. The maximum Gasteiger partial charge on any atom is 0.341 e. The Morgan fingerprint density at radius 2 is 1.93 bits per heavy atom. The van der Waals surface area contributed by atoms with E-state index in [0.29, 0.717) is 23.4 Å². The Kier molecular flexibility index (Phi) is 7.48. The normalized spacial score (nSPS) is 9.86. The van der Waals surface area contributed by atoms with Crippen LogP contribution in [0.25, 0.3) is 0 Å². The third-order valence-electron chi connectivity index (χ3n) is 3.71. The Bertz CT molecular complexity index is 920. The van der Waals surface area contributed by atoms with Gasteiger partial charge in [0.15, 0.2) is 5.11 Å². The molecule has 0 aliphatic rings. The fraction of sp³-hybridized carbons (Fsp3) is 0.200. The maximum atomic E-state index is 12.1. The maximum absolute atomic E-state index is 12.1. The first-order chi connectivity index (χ1) is 13.4. The Morgan fingerprint density at radius 3 is 2.54 bits per heavy atom. The van der Waals surface area contributed by atoms with E-state index in [1.54, 1.807) is 0 Å². The molecule has 2 aromatic carbocycles. The number of hydrogen-bond donors (Lipinski definition) is 3. The summed E-state index contributed by atoms with van der Waals surface area (Å²) >= 11 is 5.09. The average molecular weight is 397 g/mol. The molecule has 0 saturated heterocycles. The van der Waals surface area contributed by atoms with Crippen LogP contribution in [0.5, 0.6) is 5.75 Å². The minimum absolute atomic E-state index is 0.0204. The Hall–Kier alpha value is -3.44. The summed E-state index contributed by atoms with van der Waals surface area (Å²) in [6.45, 7) is 2.27. The number of nitriles is 1. The molecular formula is C20H19N3O4S. The van der Waals surface area contributed by atoms with E-state index in [-0.39, 0.29) is 16.4 Å². The van der Waals surface area contributed by atoms with Gasteiger partial charge < -0.3 is 15.2 Å². The number of aromatic hydroxyl groups is 1. The summed E-state index contributed by atoms with van der Waals surface area (Å²) in [7, 11) is 0. The zero-order valence-corrected chi connectivity index (χ0v) is 16.0. The first-order valence-electron chi connectivity index (χ1n) is 8.57. The highest BCUT2D eigenvalue weighted by Gasteiger charge is 2.14. The van der Waals surface area contributed by atoms with Gasteiger partial charge in [-0.1, -0.05) is 13.3 Å². The van der Waals surface area contributed by atoms with Gasteiger partial charge in [0.1, 0.15) is 11.3 Å². The molecular weight excluding hydrogens is 378 g/mol. The number of amides is 1. The molecule has 0 atom stereocenters. The molecule has 1 amide bonds. The number of rotatable bonds is 6.